The number of fused-ring (bicyclic) bond motifs is 1. The maximum atomic E-state index is 12.5. The van der Waals surface area contributed by atoms with Crippen LogP contribution in [0, 0.1) is 0 Å². The smallest absolute Gasteiger partial charge is 0.315 e. The molecule has 0 amide bonds. The number of allylic oxidation sites excluding steroid dienone is 1. The molecule has 0 spiro atoms. The van der Waals surface area contributed by atoms with Crippen LogP contribution in [-0.2, 0) is 11.2 Å². The van der Waals surface area contributed by atoms with Gasteiger partial charge in [0.1, 0.15) is 11.5 Å². The van der Waals surface area contributed by atoms with Gasteiger partial charge in [0.25, 0.3) is 0 Å². The van der Waals surface area contributed by atoms with Crippen LogP contribution >= 0.6 is 23.2 Å². The fourth-order valence-corrected chi connectivity index (χ4v) is 3.24. The predicted molar refractivity (Wildman–Crippen MR) is 112 cm³/mol. The van der Waals surface area contributed by atoms with Gasteiger partial charge in [0.2, 0.25) is 5.78 Å². The zero-order valence-electron chi connectivity index (χ0n) is 15.0. The fraction of sp³-hybridized carbons (Fsp3) is 0.0435. The molecule has 1 aliphatic heterocycles. The average molecular weight is 425 g/mol. The van der Waals surface area contributed by atoms with Crippen LogP contribution in [0.5, 0.6) is 11.5 Å². The molecule has 0 unspecified atom stereocenters. The molecule has 3 aromatic carbocycles. The van der Waals surface area contributed by atoms with Crippen molar-refractivity contribution in [2.45, 2.75) is 6.42 Å². The van der Waals surface area contributed by atoms with Crippen molar-refractivity contribution in [3.8, 4) is 11.5 Å². The minimum absolute atomic E-state index is 0.105. The topological polar surface area (TPSA) is 52.6 Å². The molecule has 144 valence electrons. The van der Waals surface area contributed by atoms with Gasteiger partial charge in [-0.2, -0.15) is 0 Å². The molecule has 0 atom stereocenters. The molecule has 0 saturated heterocycles. The Kier molecular flexibility index (Phi) is 5.38. The first kappa shape index (κ1) is 19.2. The van der Waals surface area contributed by atoms with Crippen molar-refractivity contribution in [1.29, 1.82) is 0 Å². The quantitative estimate of drug-likeness (QED) is 0.303. The van der Waals surface area contributed by atoms with Crippen LogP contribution in [0.4, 0.5) is 0 Å². The summed E-state index contributed by atoms with van der Waals surface area (Å²) in [5.74, 6) is 0.178. The molecule has 1 aliphatic rings. The average Bonchev–Trinajstić information content (AvgIpc) is 2.98. The summed E-state index contributed by atoms with van der Waals surface area (Å²) >= 11 is 11.8. The fourth-order valence-electron chi connectivity index (χ4n) is 2.91. The molecule has 29 heavy (non-hydrogen) atoms. The minimum atomic E-state index is -0.425. The zero-order chi connectivity index (χ0) is 20.4. The highest BCUT2D eigenvalue weighted by molar-refractivity contribution is 6.31. The Hall–Kier alpha value is -3.08. The minimum Gasteiger partial charge on any atom is -0.452 e. The normalized spacial score (nSPS) is 13.9. The van der Waals surface area contributed by atoms with Crippen molar-refractivity contribution < 1.29 is 19.1 Å². The number of carbonyl (C=O) groups is 2. The van der Waals surface area contributed by atoms with E-state index in [9.17, 15) is 9.59 Å². The van der Waals surface area contributed by atoms with Crippen molar-refractivity contribution in [3.63, 3.8) is 0 Å². The van der Waals surface area contributed by atoms with Gasteiger partial charge in [0.05, 0.1) is 12.0 Å². The van der Waals surface area contributed by atoms with E-state index in [1.165, 1.54) is 6.07 Å². The van der Waals surface area contributed by atoms with Gasteiger partial charge in [0.15, 0.2) is 5.76 Å². The number of ketones is 1. The van der Waals surface area contributed by atoms with Crippen LogP contribution in [0.3, 0.4) is 0 Å². The molecule has 0 aromatic heterocycles. The second-order valence-electron chi connectivity index (χ2n) is 6.43. The molecular weight excluding hydrogens is 411 g/mol. The Morgan fingerprint density at radius 1 is 0.966 bits per heavy atom. The number of carbonyl (C=O) groups excluding carboxylic acids is 2. The van der Waals surface area contributed by atoms with E-state index in [0.717, 1.165) is 11.1 Å². The van der Waals surface area contributed by atoms with Crippen molar-refractivity contribution >= 4 is 41.0 Å². The lowest BCUT2D eigenvalue weighted by Gasteiger charge is -2.06. The first-order chi connectivity index (χ1) is 14.0. The van der Waals surface area contributed by atoms with Crippen LogP contribution < -0.4 is 9.47 Å². The van der Waals surface area contributed by atoms with Crippen LogP contribution in [0.2, 0.25) is 10.0 Å². The molecule has 0 bridgehead atoms. The molecule has 4 rings (SSSR count). The Bertz CT molecular complexity index is 1130. The monoisotopic (exact) mass is 424 g/mol. The van der Waals surface area contributed by atoms with Crippen molar-refractivity contribution in [1.82, 2.24) is 0 Å². The van der Waals surface area contributed by atoms with E-state index in [-0.39, 0.29) is 18.0 Å². The van der Waals surface area contributed by atoms with E-state index in [1.54, 1.807) is 60.7 Å². The molecule has 4 nitrogen and oxygen atoms in total. The summed E-state index contributed by atoms with van der Waals surface area (Å²) in [7, 11) is 0. The van der Waals surface area contributed by atoms with Gasteiger partial charge in [-0.1, -0.05) is 47.5 Å². The third kappa shape index (κ3) is 4.50. The second-order valence-corrected chi connectivity index (χ2v) is 7.30. The number of hydrogen-bond acceptors (Lipinski definition) is 4. The van der Waals surface area contributed by atoms with E-state index in [2.05, 4.69) is 0 Å². The van der Waals surface area contributed by atoms with E-state index in [1.807, 2.05) is 6.07 Å². The summed E-state index contributed by atoms with van der Waals surface area (Å²) in [6.45, 7) is 0. The lowest BCUT2D eigenvalue weighted by molar-refractivity contribution is -0.133. The van der Waals surface area contributed by atoms with Gasteiger partial charge in [-0.25, -0.2) is 0 Å². The standard InChI is InChI=1S/C23H14Cl2O4/c24-16-6-4-14(5-7-16)12-22(26)28-18-8-9-19-20(13-18)29-21(23(19)27)11-15-2-1-3-17(25)10-15/h1-11,13H,12H2/b21-11-. The Morgan fingerprint density at radius 2 is 1.76 bits per heavy atom. The molecule has 0 radical (unpaired) electrons. The third-order valence-electron chi connectivity index (χ3n) is 4.28. The van der Waals surface area contributed by atoms with Crippen LogP contribution in [0.25, 0.3) is 6.08 Å². The van der Waals surface area contributed by atoms with E-state index in [0.29, 0.717) is 27.1 Å². The van der Waals surface area contributed by atoms with Crippen LogP contribution in [0.15, 0.2) is 72.5 Å². The molecule has 1 heterocycles. The highest BCUT2D eigenvalue weighted by atomic mass is 35.5. The van der Waals surface area contributed by atoms with Gasteiger partial charge in [0, 0.05) is 16.1 Å². The summed E-state index contributed by atoms with van der Waals surface area (Å²) in [4.78, 5) is 24.7. The van der Waals surface area contributed by atoms with E-state index >= 15 is 0 Å². The molecule has 3 aromatic rings. The van der Waals surface area contributed by atoms with Crippen molar-refractivity contribution in [3.05, 3.63) is 99.2 Å². The predicted octanol–water partition coefficient (Wildman–Crippen LogP) is 5.76. The second kappa shape index (κ2) is 8.11. The van der Waals surface area contributed by atoms with Crippen LogP contribution in [-0.4, -0.2) is 11.8 Å². The van der Waals surface area contributed by atoms with Gasteiger partial charge in [-0.05, 0) is 53.6 Å². The number of Topliss-reactive ketones (excluding diaryl/α,β-unsaturated/α-hetero) is 1. The largest absolute Gasteiger partial charge is 0.452 e. The van der Waals surface area contributed by atoms with Gasteiger partial charge in [-0.3, -0.25) is 9.59 Å². The zero-order valence-corrected chi connectivity index (χ0v) is 16.5. The number of benzene rings is 3. The highest BCUT2D eigenvalue weighted by Gasteiger charge is 2.28. The maximum absolute atomic E-state index is 12.5. The number of rotatable bonds is 4. The van der Waals surface area contributed by atoms with Crippen LogP contribution in [0.1, 0.15) is 21.5 Å². The summed E-state index contributed by atoms with van der Waals surface area (Å²) in [5.41, 5.74) is 1.96. The number of ether oxygens (including phenoxy) is 2. The highest BCUT2D eigenvalue weighted by Crippen LogP contribution is 2.35. The lowest BCUT2D eigenvalue weighted by atomic mass is 10.1. The van der Waals surface area contributed by atoms with Gasteiger partial charge in [-0.15, -0.1) is 0 Å². The number of esters is 1. The number of halogens is 2. The first-order valence-corrected chi connectivity index (χ1v) is 9.52. The summed E-state index contributed by atoms with van der Waals surface area (Å²) in [6.07, 6.45) is 1.73. The first-order valence-electron chi connectivity index (χ1n) is 8.77. The Labute approximate surface area is 177 Å². The van der Waals surface area contributed by atoms with E-state index < -0.39 is 5.97 Å². The summed E-state index contributed by atoms with van der Waals surface area (Å²) in [6, 6.07) is 18.7. The van der Waals surface area contributed by atoms with Gasteiger partial charge < -0.3 is 9.47 Å². The molecule has 0 saturated carbocycles. The molecule has 6 heteroatoms. The lowest BCUT2D eigenvalue weighted by Crippen LogP contribution is -2.11. The third-order valence-corrected chi connectivity index (χ3v) is 4.77. The van der Waals surface area contributed by atoms with E-state index in [4.69, 9.17) is 32.7 Å². The maximum Gasteiger partial charge on any atom is 0.315 e. The van der Waals surface area contributed by atoms with Crippen molar-refractivity contribution in [2.24, 2.45) is 0 Å². The molecule has 0 fully saturated rings. The number of hydrogen-bond donors (Lipinski definition) is 0. The molecule has 0 N–H and O–H groups in total. The Balaban J connectivity index is 1.48. The molecule has 0 aliphatic carbocycles. The molecular formula is C23H14Cl2O4. The van der Waals surface area contributed by atoms with Gasteiger partial charge >= 0.3 is 5.97 Å². The Morgan fingerprint density at radius 3 is 2.52 bits per heavy atom. The SMILES string of the molecule is O=C(Cc1ccc(Cl)cc1)Oc1ccc2c(c1)O/C(=C\c1cccc(Cl)c1)C2=O. The van der Waals surface area contributed by atoms with Crippen molar-refractivity contribution in [2.75, 3.05) is 0 Å². The summed E-state index contributed by atoms with van der Waals surface area (Å²) in [5, 5.41) is 1.17. The summed E-state index contributed by atoms with van der Waals surface area (Å²) < 4.78 is 11.1.